The standard InChI is InChI=1S/C21H19N5OS2/c1-13(19(27)23-20-22-16-9-5-6-10-17(16)29-20)28-21-25-24-18(14-11-12-14)26(21)15-7-3-2-4-8-15/h2-10,13-14H,11-12H2,1H3,(H,22,23,27). The van der Waals surface area contributed by atoms with Gasteiger partial charge < -0.3 is 5.32 Å². The maximum atomic E-state index is 12.8. The van der Waals surface area contributed by atoms with E-state index in [-0.39, 0.29) is 11.2 Å². The van der Waals surface area contributed by atoms with E-state index < -0.39 is 0 Å². The van der Waals surface area contributed by atoms with Crippen LogP contribution in [0.4, 0.5) is 5.13 Å². The van der Waals surface area contributed by atoms with Crippen molar-refractivity contribution in [3.05, 3.63) is 60.4 Å². The molecule has 146 valence electrons. The van der Waals surface area contributed by atoms with Crippen LogP contribution in [-0.2, 0) is 4.79 Å². The van der Waals surface area contributed by atoms with Gasteiger partial charge in [0.2, 0.25) is 5.91 Å². The molecule has 1 amide bonds. The van der Waals surface area contributed by atoms with Crippen LogP contribution in [0.3, 0.4) is 0 Å². The number of para-hydroxylation sites is 2. The summed E-state index contributed by atoms with van der Waals surface area (Å²) in [5, 5.41) is 12.8. The van der Waals surface area contributed by atoms with Crippen molar-refractivity contribution in [3.8, 4) is 5.69 Å². The lowest BCUT2D eigenvalue weighted by Crippen LogP contribution is -2.22. The molecule has 5 rings (SSSR count). The van der Waals surface area contributed by atoms with E-state index in [2.05, 4.69) is 25.1 Å². The Morgan fingerprint density at radius 1 is 1.14 bits per heavy atom. The van der Waals surface area contributed by atoms with Gasteiger partial charge >= 0.3 is 0 Å². The van der Waals surface area contributed by atoms with Gasteiger partial charge in [-0.1, -0.05) is 53.4 Å². The van der Waals surface area contributed by atoms with E-state index >= 15 is 0 Å². The Balaban J connectivity index is 1.36. The van der Waals surface area contributed by atoms with E-state index in [0.29, 0.717) is 11.0 Å². The number of hydrogen-bond donors (Lipinski definition) is 1. The number of nitrogens with one attached hydrogen (secondary N) is 1. The topological polar surface area (TPSA) is 72.7 Å². The van der Waals surface area contributed by atoms with E-state index in [9.17, 15) is 4.79 Å². The highest BCUT2D eigenvalue weighted by Crippen LogP contribution is 2.41. The van der Waals surface area contributed by atoms with Gasteiger partial charge in [-0.2, -0.15) is 0 Å². The van der Waals surface area contributed by atoms with Crippen molar-refractivity contribution in [2.45, 2.75) is 36.1 Å². The summed E-state index contributed by atoms with van der Waals surface area (Å²) in [6, 6.07) is 18.0. The van der Waals surface area contributed by atoms with Crippen LogP contribution in [-0.4, -0.2) is 30.9 Å². The van der Waals surface area contributed by atoms with Gasteiger partial charge in [-0.15, -0.1) is 10.2 Å². The largest absolute Gasteiger partial charge is 0.301 e. The van der Waals surface area contributed by atoms with Crippen molar-refractivity contribution in [3.63, 3.8) is 0 Å². The molecule has 0 bridgehead atoms. The molecule has 1 unspecified atom stereocenters. The summed E-state index contributed by atoms with van der Waals surface area (Å²) in [6.45, 7) is 1.88. The molecule has 1 fully saturated rings. The van der Waals surface area contributed by atoms with Crippen LogP contribution in [0.5, 0.6) is 0 Å². The lowest BCUT2D eigenvalue weighted by Gasteiger charge is -2.13. The second-order valence-electron chi connectivity index (χ2n) is 7.02. The fourth-order valence-electron chi connectivity index (χ4n) is 3.13. The predicted octanol–water partition coefficient (Wildman–Crippen LogP) is 4.87. The minimum Gasteiger partial charge on any atom is -0.301 e. The third kappa shape index (κ3) is 3.77. The maximum Gasteiger partial charge on any atom is 0.239 e. The van der Waals surface area contributed by atoms with Gasteiger partial charge in [-0.3, -0.25) is 9.36 Å². The van der Waals surface area contributed by atoms with Gasteiger partial charge in [0.1, 0.15) is 5.82 Å². The molecule has 2 heterocycles. The molecule has 0 saturated heterocycles. The Kier molecular flexibility index (Phi) is 4.81. The molecule has 1 N–H and O–H groups in total. The van der Waals surface area contributed by atoms with Crippen molar-refractivity contribution in [1.82, 2.24) is 19.7 Å². The zero-order valence-corrected chi connectivity index (χ0v) is 17.4. The maximum absolute atomic E-state index is 12.8. The molecule has 29 heavy (non-hydrogen) atoms. The molecular weight excluding hydrogens is 402 g/mol. The van der Waals surface area contributed by atoms with Crippen LogP contribution >= 0.6 is 23.1 Å². The highest BCUT2D eigenvalue weighted by atomic mass is 32.2. The smallest absolute Gasteiger partial charge is 0.239 e. The van der Waals surface area contributed by atoms with Crippen LogP contribution in [0.1, 0.15) is 31.5 Å². The Labute approximate surface area is 176 Å². The molecule has 6 nitrogen and oxygen atoms in total. The molecule has 8 heteroatoms. The molecule has 4 aromatic rings. The van der Waals surface area contributed by atoms with Gasteiger partial charge in [0, 0.05) is 11.6 Å². The summed E-state index contributed by atoms with van der Waals surface area (Å²) in [5.74, 6) is 1.35. The number of benzene rings is 2. The molecule has 1 saturated carbocycles. The van der Waals surface area contributed by atoms with Crippen LogP contribution in [0.2, 0.25) is 0 Å². The Hall–Kier alpha value is -2.71. The minimum atomic E-state index is -0.333. The Morgan fingerprint density at radius 2 is 1.90 bits per heavy atom. The van der Waals surface area contributed by atoms with Gasteiger partial charge in [0.05, 0.1) is 15.5 Å². The number of anilines is 1. The first-order chi connectivity index (χ1) is 14.2. The number of hydrogen-bond acceptors (Lipinski definition) is 6. The van der Waals surface area contributed by atoms with Crippen LogP contribution < -0.4 is 5.32 Å². The summed E-state index contributed by atoms with van der Waals surface area (Å²) in [7, 11) is 0. The summed E-state index contributed by atoms with van der Waals surface area (Å²) in [4.78, 5) is 17.3. The molecule has 1 atom stereocenters. The SMILES string of the molecule is CC(Sc1nnc(C2CC2)n1-c1ccccc1)C(=O)Nc1nc2ccccc2s1. The van der Waals surface area contributed by atoms with Crippen LogP contribution in [0.15, 0.2) is 59.8 Å². The fourth-order valence-corrected chi connectivity index (χ4v) is 4.87. The second kappa shape index (κ2) is 7.61. The number of nitrogens with zero attached hydrogens (tertiary/aromatic N) is 4. The summed E-state index contributed by atoms with van der Waals surface area (Å²) < 4.78 is 3.14. The first-order valence-corrected chi connectivity index (χ1v) is 11.2. The highest BCUT2D eigenvalue weighted by Gasteiger charge is 2.32. The Bertz CT molecular complexity index is 1130. The molecule has 1 aliphatic carbocycles. The third-order valence-corrected chi connectivity index (χ3v) is 6.79. The average Bonchev–Trinajstić information content (AvgIpc) is 3.37. The van der Waals surface area contributed by atoms with E-state index in [1.165, 1.54) is 23.1 Å². The molecule has 0 aliphatic heterocycles. The monoisotopic (exact) mass is 421 g/mol. The van der Waals surface area contributed by atoms with Crippen molar-refractivity contribution in [1.29, 1.82) is 0 Å². The van der Waals surface area contributed by atoms with E-state index in [4.69, 9.17) is 0 Å². The average molecular weight is 422 g/mol. The first kappa shape index (κ1) is 18.3. The summed E-state index contributed by atoms with van der Waals surface area (Å²) in [5.41, 5.74) is 1.92. The van der Waals surface area contributed by atoms with Gasteiger partial charge in [-0.05, 0) is 44.0 Å². The first-order valence-electron chi connectivity index (χ1n) is 9.53. The van der Waals surface area contributed by atoms with E-state index in [0.717, 1.165) is 39.7 Å². The number of amides is 1. The Morgan fingerprint density at radius 3 is 2.66 bits per heavy atom. The number of aromatic nitrogens is 4. The van der Waals surface area contributed by atoms with Crippen molar-refractivity contribution < 1.29 is 4.79 Å². The fraction of sp³-hybridized carbons (Fsp3) is 0.238. The minimum absolute atomic E-state index is 0.0929. The third-order valence-electron chi connectivity index (χ3n) is 4.79. The van der Waals surface area contributed by atoms with Gasteiger partial charge in [0.15, 0.2) is 10.3 Å². The number of carbonyl (C=O) groups is 1. The highest BCUT2D eigenvalue weighted by molar-refractivity contribution is 8.00. The molecule has 0 radical (unpaired) electrons. The van der Waals surface area contributed by atoms with Crippen molar-refractivity contribution in [2.24, 2.45) is 0 Å². The quantitative estimate of drug-likeness (QED) is 0.450. The second-order valence-corrected chi connectivity index (χ2v) is 9.36. The van der Waals surface area contributed by atoms with E-state index in [1.54, 1.807) is 0 Å². The normalized spacial score (nSPS) is 14.8. The van der Waals surface area contributed by atoms with Gasteiger partial charge in [-0.25, -0.2) is 4.98 Å². The van der Waals surface area contributed by atoms with Crippen molar-refractivity contribution >= 4 is 44.4 Å². The molecule has 2 aromatic carbocycles. The zero-order chi connectivity index (χ0) is 19.8. The lowest BCUT2D eigenvalue weighted by molar-refractivity contribution is -0.115. The number of thioether (sulfide) groups is 1. The number of rotatable bonds is 6. The predicted molar refractivity (Wildman–Crippen MR) is 117 cm³/mol. The zero-order valence-electron chi connectivity index (χ0n) is 15.8. The molecule has 0 spiro atoms. The van der Waals surface area contributed by atoms with E-state index in [1.807, 2.05) is 61.5 Å². The summed E-state index contributed by atoms with van der Waals surface area (Å²) in [6.07, 6.45) is 2.28. The lowest BCUT2D eigenvalue weighted by atomic mass is 10.3. The number of carbonyl (C=O) groups excluding carboxylic acids is 1. The summed E-state index contributed by atoms with van der Waals surface area (Å²) >= 11 is 2.90. The number of thiazole rings is 1. The van der Waals surface area contributed by atoms with Crippen molar-refractivity contribution in [2.75, 3.05) is 5.32 Å². The molecule has 2 aromatic heterocycles. The molecule has 1 aliphatic rings. The van der Waals surface area contributed by atoms with Crippen LogP contribution in [0, 0.1) is 0 Å². The van der Waals surface area contributed by atoms with Gasteiger partial charge in [0.25, 0.3) is 0 Å². The van der Waals surface area contributed by atoms with Crippen LogP contribution in [0.25, 0.3) is 15.9 Å². The molecular formula is C21H19N5OS2. The number of fused-ring (bicyclic) bond motifs is 1.